The van der Waals surface area contributed by atoms with Gasteiger partial charge in [0.25, 0.3) is 0 Å². The molecule has 8 aromatic carbocycles. The van der Waals surface area contributed by atoms with Crippen LogP contribution in [0, 0.1) is 36.5 Å². The maximum atomic E-state index is 12.5. The molecule has 0 saturated heterocycles. The average molecular weight is 1580 g/mol. The number of hydrogen-bond acceptors (Lipinski definition) is 4. The van der Waals surface area contributed by atoms with Crippen LogP contribution in [-0.2, 0) is 121 Å². The number of fused-ring (bicyclic) bond motifs is 8. The summed E-state index contributed by atoms with van der Waals surface area (Å²) < 4.78 is 6.71. The third-order valence-electron chi connectivity index (χ3n) is 26.7. The van der Waals surface area contributed by atoms with Crippen molar-refractivity contribution in [3.8, 4) is 0 Å². The zero-order valence-corrected chi connectivity index (χ0v) is 73.0. The molecule has 0 saturated carbocycles. The van der Waals surface area contributed by atoms with Crippen molar-refractivity contribution in [2.75, 3.05) is 0 Å². The summed E-state index contributed by atoms with van der Waals surface area (Å²) in [5.41, 5.74) is 39.7. The van der Waals surface area contributed by atoms with Crippen molar-refractivity contribution in [1.29, 1.82) is 0 Å². The van der Waals surface area contributed by atoms with Crippen LogP contribution >= 0.6 is 0 Å². The van der Waals surface area contributed by atoms with Gasteiger partial charge in [-0.15, -0.1) is 0 Å². The van der Waals surface area contributed by atoms with Gasteiger partial charge in [-0.25, -0.2) is 9.59 Å². The van der Waals surface area contributed by atoms with Crippen LogP contribution in [0.1, 0.15) is 194 Å². The van der Waals surface area contributed by atoms with Crippen LogP contribution in [0.3, 0.4) is 0 Å². The van der Waals surface area contributed by atoms with E-state index < -0.39 is 50.7 Å². The van der Waals surface area contributed by atoms with E-state index in [0.29, 0.717) is 29.3 Å². The smallest absolute Gasteiger partial charge is 0.328 e. The third-order valence-corrected chi connectivity index (χ3v) is 38.5. The first-order valence-corrected chi connectivity index (χ1v) is 54.8. The van der Waals surface area contributed by atoms with Crippen molar-refractivity contribution in [2.24, 2.45) is 29.6 Å². The molecule has 10 atom stereocenters. The van der Waals surface area contributed by atoms with Crippen LogP contribution in [0.15, 0.2) is 169 Å². The highest BCUT2D eigenvalue weighted by molar-refractivity contribution is 6.90. The van der Waals surface area contributed by atoms with Crippen molar-refractivity contribution in [3.05, 3.63) is 303 Å². The monoisotopic (exact) mass is 1580 g/mol. The van der Waals surface area contributed by atoms with Crippen LogP contribution in [0.25, 0.3) is 24.3 Å². The first-order valence-electron chi connectivity index (χ1n) is 41.7. The zero-order valence-electron chi connectivity index (χ0n) is 69.0. The Balaban J connectivity index is 0.000000156. The number of carboxylic acid groups (broad SMARTS) is 3. The van der Waals surface area contributed by atoms with E-state index in [2.05, 4.69) is 263 Å². The Kier molecular flexibility index (Phi) is 27.0. The van der Waals surface area contributed by atoms with Gasteiger partial charge in [0.15, 0.2) is 16.6 Å². The zero-order chi connectivity index (χ0) is 79.0. The normalized spacial score (nSPS) is 22.4. The lowest BCUT2D eigenvalue weighted by Gasteiger charge is -2.41. The van der Waals surface area contributed by atoms with Gasteiger partial charge in [-0.3, -0.25) is 4.79 Å². The predicted molar refractivity (Wildman–Crippen MR) is 487 cm³/mol. The number of carbonyl (C=O) groups is 3. The number of aliphatic carboxylic acids is 3. The second-order valence-corrected chi connectivity index (χ2v) is 56.8. The van der Waals surface area contributed by atoms with Gasteiger partial charge in [0, 0.05) is 34.2 Å². The second-order valence-electron chi connectivity index (χ2n) is 37.9. The van der Waals surface area contributed by atoms with Crippen LogP contribution in [0.2, 0.25) is 76.6 Å². The molecule has 0 aliphatic heterocycles. The van der Waals surface area contributed by atoms with Crippen LogP contribution in [-0.4, -0.2) is 66.0 Å². The molecule has 0 heterocycles. The lowest BCUT2D eigenvalue weighted by molar-refractivity contribution is -0.142. The standard InChI is InChI=1S/C37H46O2Si.C28H36O2Si.C24H30OSi2.C11H10O2.2CH4/c1-22-7-8-26-18-33(35(37(38)39)20-30(26)13-22)28-11-10-27-19-34(36(40(4,5)6)21-32(27)16-28)29-12-9-25-14-23(2)24(3)15-31(25)17-29;1-18-12-21-9-10-23(15-24(21)13-19(18)2)26-16-22-8-6-20(7-11-28(29)30)14-25(22)17-27(26)31(3,4)5;1-26(2,15-13-19-5-7-21-9-11-23(21)17-19)25-27(3,4)16-14-20-6-8-22-10-12-24(22)18-20;12-11(13)6-2-8-1-3-9-4-5-10(9)7-8;;/h7-13,16-17,23-24,33-36H,14-15,18-21H2,1-6H3,(H,38,39);6-11,14-15,18-19,26-27H,12-13,16-17H2,1-5H3,(H,29,30);5-8,13-18H,9-12H2,1-4H3;1-3,6-7H,4-5H2,(H,12,13);2*1H4/b;11-7+;15-13+,16-14+;6-2+;;. The van der Waals surface area contributed by atoms with Crippen LogP contribution in [0.5, 0.6) is 0 Å². The second kappa shape index (κ2) is 35.6. The van der Waals surface area contributed by atoms with Gasteiger partial charge in [-0.05, 0) is 323 Å². The third kappa shape index (κ3) is 21.0. The fourth-order valence-corrected chi connectivity index (χ4v) is 31.2. The van der Waals surface area contributed by atoms with Gasteiger partial charge in [0.2, 0.25) is 0 Å². The van der Waals surface area contributed by atoms with Gasteiger partial charge in [0.05, 0.1) is 5.92 Å². The molecule has 0 radical (unpaired) electrons. The molecule has 7 nitrogen and oxygen atoms in total. The summed E-state index contributed by atoms with van der Waals surface area (Å²) in [6, 6.07) is 54.8. The molecule has 0 fully saturated rings. The summed E-state index contributed by atoms with van der Waals surface area (Å²) in [4.78, 5) is 33.6. The van der Waals surface area contributed by atoms with E-state index >= 15 is 0 Å². The van der Waals surface area contributed by atoms with E-state index in [0.717, 1.165) is 79.7 Å². The minimum absolute atomic E-state index is 0. The number of aryl methyl sites for hydroxylation is 7. The van der Waals surface area contributed by atoms with Gasteiger partial charge in [-0.2, -0.15) is 0 Å². The molecule has 16 rings (SSSR count). The maximum absolute atomic E-state index is 12.5. The average Bonchev–Trinajstić information content (AvgIpc) is 0.766. The highest BCUT2D eigenvalue weighted by atomic mass is 28.4. The van der Waals surface area contributed by atoms with Crippen molar-refractivity contribution in [1.82, 2.24) is 0 Å². The van der Waals surface area contributed by atoms with Crippen molar-refractivity contribution < 1.29 is 33.8 Å². The Bertz CT molecular complexity index is 4860. The molecule has 0 spiro atoms. The van der Waals surface area contributed by atoms with Gasteiger partial charge in [0.1, 0.15) is 0 Å². The Morgan fingerprint density at radius 3 is 0.973 bits per heavy atom. The quantitative estimate of drug-likeness (QED) is 0.0651. The van der Waals surface area contributed by atoms with Crippen LogP contribution in [0.4, 0.5) is 0 Å². The molecule has 596 valence electrons. The fraction of sp³-hybridized carbons (Fsp3) is 0.422. The Morgan fingerprint density at radius 1 is 0.327 bits per heavy atom. The molecule has 0 bridgehead atoms. The van der Waals surface area contributed by atoms with E-state index in [1.807, 2.05) is 6.07 Å². The molecular weight excluding hydrogens is 1450 g/mol. The summed E-state index contributed by atoms with van der Waals surface area (Å²) in [7, 11) is -6.57. The highest BCUT2D eigenvalue weighted by Gasteiger charge is 2.42. The molecule has 0 amide bonds. The van der Waals surface area contributed by atoms with Gasteiger partial charge >= 0.3 is 17.9 Å². The number of rotatable bonds is 16. The number of benzene rings is 8. The van der Waals surface area contributed by atoms with Gasteiger partial charge < -0.3 is 19.4 Å². The van der Waals surface area contributed by atoms with Crippen molar-refractivity contribution in [2.45, 2.75) is 247 Å². The predicted octanol–water partition coefficient (Wildman–Crippen LogP) is 24.6. The molecule has 8 aliphatic carbocycles. The molecule has 113 heavy (non-hydrogen) atoms. The van der Waals surface area contributed by atoms with E-state index in [1.165, 1.54) is 158 Å². The SMILES string of the molecule is C.C.CC1Cc2ccc(C3Cc4ccc(/C=C/C(=O)O)cc4CC3[Si](C)(C)C)cc2CC1C.C[Si](C)(/C=C/c1ccc2c(c1)CC2)O[Si](C)(C)/C=C/c1ccc2c(c1)CC2.Cc1ccc2c(c1)CC(C(=O)O)C(c1ccc3c(c1)CC([Si](C)(C)C)C(c1ccc4c(c1)CC(C)C(C)C4)C3)C2.O=C(O)/C=C/c1ccc2c(c1)CC2. The van der Waals surface area contributed by atoms with E-state index in [4.69, 9.17) is 14.3 Å². The number of carboxylic acids is 3. The maximum Gasteiger partial charge on any atom is 0.328 e. The molecule has 11 heteroatoms. The molecule has 0 aromatic heterocycles. The van der Waals surface area contributed by atoms with Crippen molar-refractivity contribution in [3.63, 3.8) is 0 Å². The van der Waals surface area contributed by atoms with E-state index in [-0.39, 0.29) is 26.7 Å². The molecular formula is C102H130O7Si4. The van der Waals surface area contributed by atoms with Crippen LogP contribution < -0.4 is 0 Å². The van der Waals surface area contributed by atoms with E-state index in [9.17, 15) is 19.5 Å². The summed E-state index contributed by atoms with van der Waals surface area (Å²) in [6.45, 7) is 36.1. The molecule has 8 aromatic rings. The Labute approximate surface area is 683 Å². The first-order chi connectivity index (χ1) is 52.6. The highest BCUT2D eigenvalue weighted by Crippen LogP contribution is 2.50. The van der Waals surface area contributed by atoms with Crippen molar-refractivity contribution >= 4 is 75.0 Å². The minimum atomic E-state index is -1.85. The Morgan fingerprint density at radius 2 is 0.619 bits per heavy atom. The lowest BCUT2D eigenvalue weighted by Crippen LogP contribution is -2.42. The summed E-state index contributed by atoms with van der Waals surface area (Å²) in [5.74, 6) is 1.43. The molecule has 10 unspecified atom stereocenters. The minimum Gasteiger partial charge on any atom is -0.481 e. The molecule has 8 aliphatic rings. The van der Waals surface area contributed by atoms with E-state index in [1.54, 1.807) is 40.0 Å². The van der Waals surface area contributed by atoms with Gasteiger partial charge in [-0.1, -0.05) is 257 Å². The topological polar surface area (TPSA) is 121 Å². The summed E-state index contributed by atoms with van der Waals surface area (Å²) >= 11 is 0. The first kappa shape index (κ1) is 85.8. The lowest BCUT2D eigenvalue weighted by atomic mass is 9.71. The molecule has 3 N–H and O–H groups in total. The summed E-state index contributed by atoms with van der Waals surface area (Å²) in [6.07, 6.45) is 28.3. The summed E-state index contributed by atoms with van der Waals surface area (Å²) in [5, 5.41) is 27.6. The fourth-order valence-electron chi connectivity index (χ4n) is 19.3. The Hall–Kier alpha value is -8.04. The largest absolute Gasteiger partial charge is 0.481 e. The number of hydrogen-bond donors (Lipinski definition) is 3.